The molecule has 1 aliphatic heterocycles. The Bertz CT molecular complexity index is 976. The Hall–Kier alpha value is -3.69. The van der Waals surface area contributed by atoms with Crippen LogP contribution in [0.25, 0.3) is 0 Å². The molecule has 1 saturated heterocycles. The molecule has 10 heteroatoms. The van der Waals surface area contributed by atoms with E-state index in [4.69, 9.17) is 4.42 Å². The zero-order chi connectivity index (χ0) is 22.6. The first-order valence-electron chi connectivity index (χ1n) is 9.70. The number of urea groups is 1. The number of hydrogen-bond acceptors (Lipinski definition) is 5. The van der Waals surface area contributed by atoms with Gasteiger partial charge in [-0.05, 0) is 36.2 Å². The Morgan fingerprint density at radius 1 is 1.23 bits per heavy atom. The molecule has 1 aromatic carbocycles. The van der Waals surface area contributed by atoms with E-state index in [0.717, 1.165) is 9.80 Å². The van der Waals surface area contributed by atoms with Crippen LogP contribution in [0.1, 0.15) is 24.7 Å². The number of halogens is 1. The number of carbonyl (C=O) groups is 4. The third-order valence-corrected chi connectivity index (χ3v) is 5.18. The van der Waals surface area contributed by atoms with Gasteiger partial charge in [-0.15, -0.1) is 0 Å². The lowest BCUT2D eigenvalue weighted by Gasteiger charge is -2.26. The van der Waals surface area contributed by atoms with Crippen molar-refractivity contribution in [3.63, 3.8) is 0 Å². The lowest BCUT2D eigenvalue weighted by Crippen LogP contribution is -2.46. The predicted molar refractivity (Wildman–Crippen MR) is 107 cm³/mol. The van der Waals surface area contributed by atoms with E-state index in [0.29, 0.717) is 11.3 Å². The summed E-state index contributed by atoms with van der Waals surface area (Å²) in [5.74, 6) is -1.50. The number of rotatable bonds is 8. The fourth-order valence-corrected chi connectivity index (χ4v) is 3.36. The molecule has 0 unspecified atom stereocenters. The van der Waals surface area contributed by atoms with Gasteiger partial charge in [-0.3, -0.25) is 19.3 Å². The minimum Gasteiger partial charge on any atom is -0.467 e. The van der Waals surface area contributed by atoms with E-state index in [1.165, 1.54) is 37.6 Å². The molecule has 0 radical (unpaired) electrons. The molecule has 0 spiro atoms. The van der Waals surface area contributed by atoms with E-state index in [1.54, 1.807) is 19.1 Å². The lowest BCUT2D eigenvalue weighted by molar-refractivity contribution is -0.140. The lowest BCUT2D eigenvalue weighted by atomic mass is 9.87. The molecule has 2 N–H and O–H groups in total. The Kier molecular flexibility index (Phi) is 6.38. The average Bonchev–Trinajstić information content (AvgIpc) is 3.35. The molecular weight excluding hydrogens is 407 g/mol. The zero-order valence-electron chi connectivity index (χ0n) is 17.2. The largest absolute Gasteiger partial charge is 0.467 e. The Balaban J connectivity index is 1.62. The summed E-state index contributed by atoms with van der Waals surface area (Å²) in [6.45, 7) is 1.12. The van der Waals surface area contributed by atoms with Crippen LogP contribution >= 0.6 is 0 Å². The molecule has 1 atom stereocenters. The number of imide groups is 1. The average molecular weight is 430 g/mol. The van der Waals surface area contributed by atoms with Crippen LogP contribution in [-0.2, 0) is 26.5 Å². The van der Waals surface area contributed by atoms with Gasteiger partial charge < -0.3 is 20.0 Å². The second kappa shape index (κ2) is 8.99. The van der Waals surface area contributed by atoms with E-state index in [-0.39, 0.29) is 19.5 Å². The van der Waals surface area contributed by atoms with Crippen LogP contribution in [0.15, 0.2) is 47.1 Å². The highest BCUT2D eigenvalue weighted by atomic mass is 19.1. The fraction of sp³-hybridized carbons (Fsp3) is 0.333. The van der Waals surface area contributed by atoms with Gasteiger partial charge in [0.05, 0.1) is 19.4 Å². The molecule has 0 aliphatic carbocycles. The van der Waals surface area contributed by atoms with Gasteiger partial charge in [0.25, 0.3) is 5.91 Å². The smallest absolute Gasteiger partial charge is 0.325 e. The summed E-state index contributed by atoms with van der Waals surface area (Å²) in [5, 5.41) is 5.24. The van der Waals surface area contributed by atoms with Gasteiger partial charge >= 0.3 is 6.03 Å². The van der Waals surface area contributed by atoms with E-state index in [1.807, 2.05) is 0 Å². The first kappa shape index (κ1) is 22.0. The maximum absolute atomic E-state index is 13.3. The molecule has 1 aliphatic rings. The van der Waals surface area contributed by atoms with E-state index < -0.39 is 41.7 Å². The van der Waals surface area contributed by atoms with Crippen molar-refractivity contribution in [3.05, 3.63) is 59.8 Å². The molecule has 31 heavy (non-hydrogen) atoms. The second-order valence-corrected chi connectivity index (χ2v) is 7.19. The number of carbonyl (C=O) groups excluding carboxylic acids is 4. The molecule has 1 fully saturated rings. The van der Waals surface area contributed by atoms with Crippen molar-refractivity contribution >= 4 is 23.8 Å². The summed E-state index contributed by atoms with van der Waals surface area (Å²) in [4.78, 5) is 52.1. The van der Waals surface area contributed by atoms with Crippen LogP contribution in [0.3, 0.4) is 0 Å². The van der Waals surface area contributed by atoms with Crippen LogP contribution < -0.4 is 10.6 Å². The summed E-state index contributed by atoms with van der Waals surface area (Å²) >= 11 is 0. The SMILES string of the molecule is CC[C@@]1(c2ccc(F)cc2)NC(=O)N(CC(=O)N(C)CC(=O)NCc2ccco2)C1=O. The van der Waals surface area contributed by atoms with Crippen molar-refractivity contribution in [1.29, 1.82) is 0 Å². The summed E-state index contributed by atoms with van der Waals surface area (Å²) in [6, 6.07) is 7.94. The van der Waals surface area contributed by atoms with Crippen molar-refractivity contribution in [2.24, 2.45) is 0 Å². The summed E-state index contributed by atoms with van der Waals surface area (Å²) in [7, 11) is 1.40. The van der Waals surface area contributed by atoms with Crippen molar-refractivity contribution in [2.45, 2.75) is 25.4 Å². The van der Waals surface area contributed by atoms with E-state index in [9.17, 15) is 23.6 Å². The third-order valence-electron chi connectivity index (χ3n) is 5.18. The number of amides is 5. The number of furan rings is 1. The first-order chi connectivity index (χ1) is 14.8. The van der Waals surface area contributed by atoms with Crippen LogP contribution in [0, 0.1) is 5.82 Å². The third kappa shape index (κ3) is 4.57. The van der Waals surface area contributed by atoms with Crippen molar-refractivity contribution in [2.75, 3.05) is 20.1 Å². The number of likely N-dealkylation sites (N-methyl/N-ethyl adjacent to an activating group) is 1. The van der Waals surface area contributed by atoms with Crippen LogP contribution in [0.2, 0.25) is 0 Å². The van der Waals surface area contributed by atoms with Gasteiger partial charge in [-0.2, -0.15) is 0 Å². The van der Waals surface area contributed by atoms with Crippen molar-refractivity contribution < 1.29 is 28.0 Å². The minimum atomic E-state index is -1.37. The Labute approximate surface area is 178 Å². The van der Waals surface area contributed by atoms with Gasteiger partial charge in [0.1, 0.15) is 23.7 Å². The van der Waals surface area contributed by atoms with Crippen molar-refractivity contribution in [3.8, 4) is 0 Å². The molecule has 5 amide bonds. The Morgan fingerprint density at radius 2 is 1.94 bits per heavy atom. The van der Waals surface area contributed by atoms with Crippen LogP contribution in [-0.4, -0.2) is 53.7 Å². The molecule has 9 nitrogen and oxygen atoms in total. The van der Waals surface area contributed by atoms with Gasteiger partial charge in [0.2, 0.25) is 11.8 Å². The molecule has 1 aromatic heterocycles. The number of benzene rings is 1. The molecule has 2 aromatic rings. The standard InChI is InChI=1S/C21H23FN4O5/c1-3-21(14-6-8-15(22)9-7-14)19(29)26(20(30)24-21)13-18(28)25(2)12-17(27)23-11-16-5-4-10-31-16/h4-10H,3,11-13H2,1-2H3,(H,23,27)(H,24,30)/t21-/m0/s1. The van der Waals surface area contributed by atoms with Gasteiger partial charge in [0.15, 0.2) is 0 Å². The highest BCUT2D eigenvalue weighted by Gasteiger charge is 2.51. The molecule has 0 bridgehead atoms. The summed E-state index contributed by atoms with van der Waals surface area (Å²) < 4.78 is 18.4. The predicted octanol–water partition coefficient (Wildman–Crippen LogP) is 1.35. The molecule has 164 valence electrons. The Morgan fingerprint density at radius 3 is 2.55 bits per heavy atom. The zero-order valence-corrected chi connectivity index (χ0v) is 17.2. The van der Waals surface area contributed by atoms with Gasteiger partial charge in [-0.25, -0.2) is 9.18 Å². The minimum absolute atomic E-state index is 0.178. The van der Waals surface area contributed by atoms with Gasteiger partial charge in [0, 0.05) is 7.05 Å². The normalized spacial score (nSPS) is 18.1. The molecule has 3 rings (SSSR count). The first-order valence-corrected chi connectivity index (χ1v) is 9.70. The summed E-state index contributed by atoms with van der Waals surface area (Å²) in [6.07, 6.45) is 1.70. The fourth-order valence-electron chi connectivity index (χ4n) is 3.36. The van der Waals surface area contributed by atoms with Crippen LogP contribution in [0.4, 0.5) is 9.18 Å². The summed E-state index contributed by atoms with van der Waals surface area (Å²) in [5.41, 5.74) is -0.945. The maximum Gasteiger partial charge on any atom is 0.325 e. The molecular formula is C21H23FN4O5. The van der Waals surface area contributed by atoms with Crippen molar-refractivity contribution in [1.82, 2.24) is 20.4 Å². The molecule has 0 saturated carbocycles. The quantitative estimate of drug-likeness (QED) is 0.614. The second-order valence-electron chi connectivity index (χ2n) is 7.19. The van der Waals surface area contributed by atoms with Crippen LogP contribution in [0.5, 0.6) is 0 Å². The number of hydrogen-bond donors (Lipinski definition) is 2. The topological polar surface area (TPSA) is 112 Å². The monoisotopic (exact) mass is 430 g/mol. The molecule has 2 heterocycles. The van der Waals surface area contributed by atoms with Gasteiger partial charge in [-0.1, -0.05) is 19.1 Å². The number of nitrogens with one attached hydrogen (secondary N) is 2. The highest BCUT2D eigenvalue weighted by Crippen LogP contribution is 2.32. The highest BCUT2D eigenvalue weighted by molar-refractivity contribution is 6.09. The number of nitrogens with zero attached hydrogens (tertiary/aromatic N) is 2. The van der Waals surface area contributed by atoms with E-state index >= 15 is 0 Å². The maximum atomic E-state index is 13.3. The van der Waals surface area contributed by atoms with E-state index in [2.05, 4.69) is 10.6 Å².